The molecule has 0 saturated carbocycles. The summed E-state index contributed by atoms with van der Waals surface area (Å²) in [4.78, 5) is 41.2. The van der Waals surface area contributed by atoms with E-state index in [-0.39, 0.29) is 23.8 Å². The molecule has 0 spiro atoms. The number of nitrogens with one attached hydrogen (secondary N) is 2. The third-order valence-electron chi connectivity index (χ3n) is 6.50. The molecule has 0 aliphatic carbocycles. The summed E-state index contributed by atoms with van der Waals surface area (Å²) in [6.07, 6.45) is 5.12. The molecule has 2 N–H and O–H groups in total. The fourth-order valence-corrected chi connectivity index (χ4v) is 6.01. The van der Waals surface area contributed by atoms with Crippen molar-refractivity contribution < 1.29 is 22.8 Å². The van der Waals surface area contributed by atoms with Gasteiger partial charge in [-0.25, -0.2) is 18.4 Å². The maximum atomic E-state index is 13.1. The average Bonchev–Trinajstić information content (AvgIpc) is 2.97. The second-order valence-electron chi connectivity index (χ2n) is 10.7. The van der Waals surface area contributed by atoms with E-state index >= 15 is 0 Å². The zero-order valence-electron chi connectivity index (χ0n) is 23.5. The minimum absolute atomic E-state index is 0.00553. The van der Waals surface area contributed by atoms with Crippen LogP contribution in [0.15, 0.2) is 78.0 Å². The van der Waals surface area contributed by atoms with Crippen LogP contribution in [-0.2, 0) is 19.7 Å². The number of aromatic nitrogens is 2. The second kappa shape index (κ2) is 13.1. The molecule has 2 heterocycles. The molecule has 1 fully saturated rings. The van der Waals surface area contributed by atoms with Crippen molar-refractivity contribution in [3.05, 3.63) is 78.6 Å². The van der Waals surface area contributed by atoms with Crippen molar-refractivity contribution in [2.24, 2.45) is 0 Å². The molecule has 1 aromatic heterocycles. The Morgan fingerprint density at radius 3 is 2.22 bits per heavy atom. The molecule has 218 valence electrons. The first-order chi connectivity index (χ1) is 19.5. The number of carbonyl (C=O) groups excluding carboxylic acids is 2. The van der Waals surface area contributed by atoms with Gasteiger partial charge in [0.2, 0.25) is 5.95 Å². The van der Waals surface area contributed by atoms with Crippen LogP contribution in [0.4, 0.5) is 11.6 Å². The Morgan fingerprint density at radius 2 is 1.61 bits per heavy atom. The molecular formula is C29H36N6O5S. The normalized spacial score (nSPS) is 14.5. The molecule has 12 heteroatoms. The lowest BCUT2D eigenvalue weighted by atomic mass is 10.0. The lowest BCUT2D eigenvalue weighted by Gasteiger charge is -2.34. The zero-order chi connectivity index (χ0) is 29.5. The predicted molar refractivity (Wildman–Crippen MR) is 156 cm³/mol. The van der Waals surface area contributed by atoms with E-state index in [0.29, 0.717) is 22.0 Å². The van der Waals surface area contributed by atoms with Crippen LogP contribution in [0.3, 0.4) is 0 Å². The molecular weight excluding hydrogens is 544 g/mol. The molecule has 1 saturated heterocycles. The van der Waals surface area contributed by atoms with Gasteiger partial charge in [-0.15, -0.1) is 0 Å². The summed E-state index contributed by atoms with van der Waals surface area (Å²) >= 11 is 0. The Hall–Kier alpha value is -4.03. The van der Waals surface area contributed by atoms with E-state index in [4.69, 9.17) is 4.84 Å². The fraction of sp³-hybridized carbons (Fsp3) is 0.379. The highest BCUT2D eigenvalue weighted by atomic mass is 32.2. The lowest BCUT2D eigenvalue weighted by Crippen LogP contribution is -2.46. The molecule has 0 bridgehead atoms. The molecule has 1 aliphatic rings. The van der Waals surface area contributed by atoms with Crippen molar-refractivity contribution in [1.82, 2.24) is 19.8 Å². The van der Waals surface area contributed by atoms with Crippen molar-refractivity contribution in [2.75, 3.05) is 29.9 Å². The predicted octanol–water partition coefficient (Wildman–Crippen LogP) is 3.63. The minimum Gasteiger partial charge on any atom is -0.371 e. The van der Waals surface area contributed by atoms with Gasteiger partial charge in [-0.05, 0) is 80.5 Å². The van der Waals surface area contributed by atoms with E-state index in [1.54, 1.807) is 69.6 Å². The summed E-state index contributed by atoms with van der Waals surface area (Å²) in [7, 11) is -4.08. The molecule has 0 atom stereocenters. The number of anilines is 2. The van der Waals surface area contributed by atoms with Gasteiger partial charge in [-0.2, -0.15) is 0 Å². The van der Waals surface area contributed by atoms with E-state index in [1.165, 1.54) is 12.1 Å². The number of carbonyl (C=O) groups is 2. The van der Waals surface area contributed by atoms with Crippen molar-refractivity contribution in [3.8, 4) is 0 Å². The monoisotopic (exact) mass is 580 g/mol. The van der Waals surface area contributed by atoms with E-state index in [1.807, 2.05) is 12.1 Å². The molecule has 0 unspecified atom stereocenters. The molecule has 0 radical (unpaired) electrons. The fourth-order valence-electron chi connectivity index (χ4n) is 4.41. The third kappa shape index (κ3) is 8.01. The summed E-state index contributed by atoms with van der Waals surface area (Å²) < 4.78 is 26.9. The van der Waals surface area contributed by atoms with Gasteiger partial charge in [-0.1, -0.05) is 18.2 Å². The molecule has 1 amide bonds. The molecule has 4 rings (SSSR count). The van der Waals surface area contributed by atoms with Gasteiger partial charge in [0.1, 0.15) is 0 Å². The third-order valence-corrected chi connectivity index (χ3v) is 8.42. The summed E-state index contributed by atoms with van der Waals surface area (Å²) in [5, 5.41) is 6.07. The highest BCUT2D eigenvalue weighted by molar-refractivity contribution is 7.89. The topological polar surface area (TPSA) is 134 Å². The van der Waals surface area contributed by atoms with Gasteiger partial charge in [-0.3, -0.25) is 9.59 Å². The molecule has 11 nitrogen and oxygen atoms in total. The van der Waals surface area contributed by atoms with Crippen LogP contribution in [0.1, 0.15) is 50.4 Å². The van der Waals surface area contributed by atoms with Crippen LogP contribution < -0.4 is 15.5 Å². The van der Waals surface area contributed by atoms with E-state index < -0.39 is 21.5 Å². The zero-order valence-corrected chi connectivity index (χ0v) is 24.3. The largest absolute Gasteiger partial charge is 0.371 e. The highest BCUT2D eigenvalue weighted by Crippen LogP contribution is 2.25. The summed E-state index contributed by atoms with van der Waals surface area (Å²) in [5.74, 6) is -0.468. The van der Waals surface area contributed by atoms with Crippen LogP contribution in [0, 0.1) is 0 Å². The summed E-state index contributed by atoms with van der Waals surface area (Å²) in [6.45, 7) is 6.61. The van der Waals surface area contributed by atoms with Crippen LogP contribution >= 0.6 is 0 Å². The molecule has 41 heavy (non-hydrogen) atoms. The van der Waals surface area contributed by atoms with Gasteiger partial charge in [0.25, 0.3) is 15.9 Å². The number of piperidine rings is 1. The first-order valence-corrected chi connectivity index (χ1v) is 15.0. The quantitative estimate of drug-likeness (QED) is 0.345. The van der Waals surface area contributed by atoms with E-state index in [9.17, 15) is 18.0 Å². The number of sulfonamides is 1. The Kier molecular flexibility index (Phi) is 9.56. The van der Waals surface area contributed by atoms with Gasteiger partial charge >= 0.3 is 5.97 Å². The van der Waals surface area contributed by atoms with Crippen molar-refractivity contribution in [1.29, 1.82) is 0 Å². The first kappa shape index (κ1) is 29.9. The summed E-state index contributed by atoms with van der Waals surface area (Å²) in [5.41, 5.74) is 0.474. The number of nitrogens with zero attached hydrogens (tertiary/aromatic N) is 4. The number of hydrogen-bond donors (Lipinski definition) is 2. The Morgan fingerprint density at radius 1 is 0.976 bits per heavy atom. The van der Waals surface area contributed by atoms with Gasteiger partial charge in [0.05, 0.1) is 16.9 Å². The Balaban J connectivity index is 1.24. The van der Waals surface area contributed by atoms with Gasteiger partial charge < -0.3 is 20.4 Å². The highest BCUT2D eigenvalue weighted by Gasteiger charge is 2.38. The van der Waals surface area contributed by atoms with Gasteiger partial charge in [0.15, 0.2) is 0 Å². The lowest BCUT2D eigenvalue weighted by molar-refractivity contribution is -0.182. The van der Waals surface area contributed by atoms with E-state index in [0.717, 1.165) is 31.6 Å². The SMILES string of the molecule is CC(C)(C)N(OC(=O)CCNC(=O)c1ccc(N2CCC(Nc3ncccn3)CC2)cc1)S(=O)(=O)c1ccccc1. The number of rotatable bonds is 10. The van der Waals surface area contributed by atoms with Crippen LogP contribution in [0.2, 0.25) is 0 Å². The van der Waals surface area contributed by atoms with E-state index in [2.05, 4.69) is 25.5 Å². The Bertz CT molecular complexity index is 1410. The minimum atomic E-state index is -4.08. The smallest absolute Gasteiger partial charge is 0.328 e. The standard InChI is InChI=1S/C29H36N6O5S/c1-29(2,3)35(41(38,39)25-8-5-4-6-9-25)40-26(36)14-19-30-27(37)22-10-12-24(13-11-22)34-20-15-23(16-21-34)33-28-31-17-7-18-32-28/h4-13,17-18,23H,14-16,19-21H2,1-3H3,(H,30,37)(H,31,32,33). The molecule has 3 aromatic rings. The van der Waals surface area contributed by atoms with Crippen molar-refractivity contribution >= 4 is 33.5 Å². The number of amides is 1. The maximum Gasteiger partial charge on any atom is 0.328 e. The first-order valence-electron chi connectivity index (χ1n) is 13.5. The summed E-state index contributed by atoms with van der Waals surface area (Å²) in [6, 6.07) is 17.2. The van der Waals surface area contributed by atoms with Crippen LogP contribution in [0.5, 0.6) is 0 Å². The number of hydrogen-bond acceptors (Lipinski definition) is 9. The molecule has 2 aromatic carbocycles. The van der Waals surface area contributed by atoms with Crippen LogP contribution in [0.25, 0.3) is 0 Å². The van der Waals surface area contributed by atoms with Gasteiger partial charge in [0, 0.05) is 49.3 Å². The maximum absolute atomic E-state index is 13.1. The van der Waals surface area contributed by atoms with Crippen molar-refractivity contribution in [2.45, 2.75) is 56.5 Å². The number of hydroxylamine groups is 1. The average molecular weight is 581 g/mol. The number of benzene rings is 2. The Labute approximate surface area is 240 Å². The van der Waals surface area contributed by atoms with Crippen molar-refractivity contribution in [3.63, 3.8) is 0 Å². The molecule has 1 aliphatic heterocycles. The van der Waals surface area contributed by atoms with Crippen LogP contribution in [-0.4, -0.2) is 65.9 Å². The second-order valence-corrected chi connectivity index (χ2v) is 12.5.